The molecule has 6 rings (SSSR count). The van der Waals surface area contributed by atoms with Crippen LogP contribution in [0.4, 0.5) is 0 Å². The highest BCUT2D eigenvalue weighted by molar-refractivity contribution is 5.94. The number of hydrogen-bond donors (Lipinski definition) is 0. The van der Waals surface area contributed by atoms with Crippen LogP contribution in [0.5, 0.6) is 17.2 Å². The summed E-state index contributed by atoms with van der Waals surface area (Å²) >= 11 is 0. The van der Waals surface area contributed by atoms with Crippen molar-refractivity contribution in [2.45, 2.75) is 19.5 Å². The number of hydrogen-bond acceptors (Lipinski definition) is 5. The number of carbonyl (C=O) groups excluding carboxylic acids is 1. The number of ether oxygens (including phenoxy) is 3. The van der Waals surface area contributed by atoms with E-state index in [0.717, 1.165) is 40.4 Å². The summed E-state index contributed by atoms with van der Waals surface area (Å²) in [5.74, 6) is 2.24. The maximum absolute atomic E-state index is 13.8. The van der Waals surface area contributed by atoms with Crippen LogP contribution in [0.15, 0.2) is 79.0 Å². The smallest absolute Gasteiger partial charge is 0.254 e. The molecule has 1 amide bonds. The Morgan fingerprint density at radius 3 is 2.65 bits per heavy atom. The Balaban J connectivity index is 1.33. The standard InChI is InChI=1S/C27H23N3O4/c31-27(21-7-9-24-20(15-21)11-13-32-24)29(16-19-6-8-25-26(14-19)34-18-33-25)17-23-10-12-28-30(23)22-4-2-1-3-5-22/h1-10,12,14-15H,11,13,16-18H2. The topological polar surface area (TPSA) is 65.8 Å². The van der Waals surface area contributed by atoms with E-state index < -0.39 is 0 Å². The third-order valence-electron chi connectivity index (χ3n) is 6.11. The van der Waals surface area contributed by atoms with Crippen molar-refractivity contribution in [1.29, 1.82) is 0 Å². The average molecular weight is 453 g/mol. The predicted molar refractivity (Wildman–Crippen MR) is 125 cm³/mol. The minimum absolute atomic E-state index is 0.0480. The lowest BCUT2D eigenvalue weighted by Gasteiger charge is -2.24. The highest BCUT2D eigenvalue weighted by Gasteiger charge is 2.23. The summed E-state index contributed by atoms with van der Waals surface area (Å²) in [6.45, 7) is 1.69. The second-order valence-electron chi connectivity index (χ2n) is 8.34. The van der Waals surface area contributed by atoms with E-state index in [4.69, 9.17) is 14.2 Å². The highest BCUT2D eigenvalue weighted by atomic mass is 16.7. The van der Waals surface area contributed by atoms with Crippen molar-refractivity contribution in [3.63, 3.8) is 0 Å². The quantitative estimate of drug-likeness (QED) is 0.434. The van der Waals surface area contributed by atoms with E-state index in [0.29, 0.717) is 31.0 Å². The van der Waals surface area contributed by atoms with Gasteiger partial charge >= 0.3 is 0 Å². The fraction of sp³-hybridized carbons (Fsp3) is 0.185. The normalized spacial score (nSPS) is 13.4. The second-order valence-corrected chi connectivity index (χ2v) is 8.34. The van der Waals surface area contributed by atoms with E-state index in [1.807, 2.05) is 82.4 Å². The Kier molecular flexibility index (Phi) is 5.14. The van der Waals surface area contributed by atoms with Gasteiger partial charge in [-0.05, 0) is 59.7 Å². The van der Waals surface area contributed by atoms with Crippen LogP contribution in [-0.4, -0.2) is 34.0 Å². The molecule has 0 aliphatic carbocycles. The summed E-state index contributed by atoms with van der Waals surface area (Å²) in [5.41, 5.74) is 4.56. The predicted octanol–water partition coefficient (Wildman–Crippen LogP) is 4.38. The second kappa shape index (κ2) is 8.59. The Morgan fingerprint density at radius 1 is 0.882 bits per heavy atom. The maximum atomic E-state index is 13.8. The van der Waals surface area contributed by atoms with Crippen LogP contribution in [0.25, 0.3) is 5.69 Å². The Hall–Kier alpha value is -4.26. The molecule has 4 aromatic rings. The molecule has 7 heteroatoms. The van der Waals surface area contributed by atoms with Crippen LogP contribution in [0, 0.1) is 0 Å². The molecule has 2 aliphatic rings. The fourth-order valence-corrected chi connectivity index (χ4v) is 4.41. The minimum atomic E-state index is -0.0480. The van der Waals surface area contributed by atoms with Crippen LogP contribution in [0.2, 0.25) is 0 Å². The van der Waals surface area contributed by atoms with Gasteiger partial charge in [-0.2, -0.15) is 5.10 Å². The first-order valence-corrected chi connectivity index (χ1v) is 11.3. The van der Waals surface area contributed by atoms with Crippen LogP contribution in [0.3, 0.4) is 0 Å². The molecule has 1 aromatic heterocycles. The van der Waals surface area contributed by atoms with Gasteiger partial charge in [0.2, 0.25) is 6.79 Å². The lowest BCUT2D eigenvalue weighted by molar-refractivity contribution is 0.0726. The summed E-state index contributed by atoms with van der Waals surface area (Å²) in [5, 5.41) is 4.50. The van der Waals surface area contributed by atoms with Crippen molar-refractivity contribution in [2.24, 2.45) is 0 Å². The molecule has 0 saturated carbocycles. The molecule has 0 radical (unpaired) electrons. The number of fused-ring (bicyclic) bond motifs is 2. The van der Waals surface area contributed by atoms with E-state index in [9.17, 15) is 4.79 Å². The monoisotopic (exact) mass is 453 g/mol. The summed E-state index contributed by atoms with van der Waals surface area (Å²) in [7, 11) is 0. The molecule has 2 aliphatic heterocycles. The van der Waals surface area contributed by atoms with E-state index in [1.54, 1.807) is 6.20 Å². The number of aromatic nitrogens is 2. The summed E-state index contributed by atoms with van der Waals surface area (Å²) in [6, 6.07) is 23.4. The number of amides is 1. The first-order chi connectivity index (χ1) is 16.7. The van der Waals surface area contributed by atoms with Gasteiger partial charge in [-0.1, -0.05) is 24.3 Å². The first-order valence-electron chi connectivity index (χ1n) is 11.3. The van der Waals surface area contributed by atoms with Gasteiger partial charge in [0, 0.05) is 24.7 Å². The molecule has 0 saturated heterocycles. The van der Waals surface area contributed by atoms with Gasteiger partial charge in [0.25, 0.3) is 5.91 Å². The van der Waals surface area contributed by atoms with Crippen molar-refractivity contribution in [1.82, 2.24) is 14.7 Å². The molecule has 170 valence electrons. The van der Waals surface area contributed by atoms with Crippen molar-refractivity contribution >= 4 is 5.91 Å². The molecular weight excluding hydrogens is 430 g/mol. The van der Waals surface area contributed by atoms with Crippen molar-refractivity contribution in [3.05, 3.63) is 101 Å². The molecule has 0 bridgehead atoms. The van der Waals surface area contributed by atoms with E-state index >= 15 is 0 Å². The van der Waals surface area contributed by atoms with Crippen LogP contribution >= 0.6 is 0 Å². The maximum Gasteiger partial charge on any atom is 0.254 e. The summed E-state index contributed by atoms with van der Waals surface area (Å²) in [6.07, 6.45) is 2.58. The van der Waals surface area contributed by atoms with Gasteiger partial charge in [0.15, 0.2) is 11.5 Å². The number of nitrogens with zero attached hydrogens (tertiary/aromatic N) is 3. The number of carbonyl (C=O) groups is 1. The Labute approximate surface area is 197 Å². The zero-order valence-electron chi connectivity index (χ0n) is 18.5. The Bertz CT molecular complexity index is 1350. The van der Waals surface area contributed by atoms with Gasteiger partial charge < -0.3 is 19.1 Å². The molecule has 0 spiro atoms. The summed E-state index contributed by atoms with van der Waals surface area (Å²) < 4.78 is 18.5. The zero-order chi connectivity index (χ0) is 22.9. The molecule has 34 heavy (non-hydrogen) atoms. The molecule has 3 aromatic carbocycles. The van der Waals surface area contributed by atoms with Crippen LogP contribution < -0.4 is 14.2 Å². The van der Waals surface area contributed by atoms with Gasteiger partial charge in [0.1, 0.15) is 5.75 Å². The van der Waals surface area contributed by atoms with Crippen molar-refractivity contribution in [2.75, 3.05) is 13.4 Å². The third kappa shape index (κ3) is 3.85. The average Bonchev–Trinajstić information content (AvgIpc) is 3.63. The van der Waals surface area contributed by atoms with E-state index in [-0.39, 0.29) is 12.7 Å². The van der Waals surface area contributed by atoms with Gasteiger partial charge in [-0.15, -0.1) is 0 Å². The van der Waals surface area contributed by atoms with Crippen molar-refractivity contribution < 1.29 is 19.0 Å². The molecule has 0 fully saturated rings. The van der Waals surface area contributed by atoms with Crippen molar-refractivity contribution in [3.8, 4) is 22.9 Å². The largest absolute Gasteiger partial charge is 0.493 e. The number of rotatable bonds is 6. The molecule has 0 unspecified atom stereocenters. The SMILES string of the molecule is O=C(c1ccc2c(c1)CCO2)N(Cc1ccc2c(c1)OCO2)Cc1ccnn1-c1ccccc1. The number of para-hydroxylation sites is 1. The third-order valence-corrected chi connectivity index (χ3v) is 6.11. The highest BCUT2D eigenvalue weighted by Crippen LogP contribution is 2.33. The van der Waals surface area contributed by atoms with E-state index in [2.05, 4.69) is 5.10 Å². The first kappa shape index (κ1) is 20.4. The van der Waals surface area contributed by atoms with E-state index in [1.165, 1.54) is 0 Å². The molecule has 0 atom stereocenters. The lowest BCUT2D eigenvalue weighted by atomic mass is 10.1. The van der Waals surface area contributed by atoms with Gasteiger partial charge in [0.05, 0.1) is 24.5 Å². The Morgan fingerprint density at radius 2 is 1.74 bits per heavy atom. The fourth-order valence-electron chi connectivity index (χ4n) is 4.41. The van der Waals surface area contributed by atoms with Crippen LogP contribution in [0.1, 0.15) is 27.2 Å². The molecule has 3 heterocycles. The zero-order valence-corrected chi connectivity index (χ0v) is 18.5. The molecule has 0 N–H and O–H groups in total. The lowest BCUT2D eigenvalue weighted by Crippen LogP contribution is -2.31. The summed E-state index contributed by atoms with van der Waals surface area (Å²) in [4.78, 5) is 15.6. The van der Waals surface area contributed by atoms with Crippen LogP contribution in [-0.2, 0) is 19.5 Å². The minimum Gasteiger partial charge on any atom is -0.493 e. The number of benzene rings is 3. The molecular formula is C27H23N3O4. The van der Waals surface area contributed by atoms with Gasteiger partial charge in [-0.3, -0.25) is 4.79 Å². The molecule has 7 nitrogen and oxygen atoms in total. The van der Waals surface area contributed by atoms with Gasteiger partial charge in [-0.25, -0.2) is 4.68 Å².